The topological polar surface area (TPSA) is 215 Å². The number of hydrogen-bond acceptors (Lipinski definition) is 10. The van der Waals surface area contributed by atoms with Gasteiger partial charge in [-0.15, -0.1) is 0 Å². The van der Waals surface area contributed by atoms with Crippen molar-refractivity contribution in [2.75, 3.05) is 13.7 Å². The van der Waals surface area contributed by atoms with Crippen molar-refractivity contribution in [2.45, 2.75) is 161 Å². The van der Waals surface area contributed by atoms with Gasteiger partial charge in [0.2, 0.25) is 23.6 Å². The molecule has 4 rings (SSSR count). The van der Waals surface area contributed by atoms with Gasteiger partial charge in [-0.2, -0.15) is 0 Å². The zero-order valence-corrected chi connectivity index (χ0v) is 44.3. The largest absolute Gasteiger partial charge is 0.467 e. The van der Waals surface area contributed by atoms with Crippen molar-refractivity contribution in [1.29, 1.82) is 0 Å². The summed E-state index contributed by atoms with van der Waals surface area (Å²) in [6, 6.07) is 22.3. The first-order valence-corrected chi connectivity index (χ1v) is 27.3. The summed E-state index contributed by atoms with van der Waals surface area (Å²) in [6.45, 7) is 15.4. The lowest BCUT2D eigenvalue weighted by Gasteiger charge is -2.41. The number of nitrogens with one attached hydrogen (secondary N) is 4. The Morgan fingerprint density at radius 2 is 0.958 bits per heavy atom. The summed E-state index contributed by atoms with van der Waals surface area (Å²) in [7, 11) is -2.78. The van der Waals surface area contributed by atoms with Crippen molar-refractivity contribution in [3.05, 3.63) is 108 Å². The monoisotopic (exact) mass is 1000 g/mol. The van der Waals surface area contributed by atoms with E-state index in [2.05, 4.69) is 21.3 Å². The first-order valence-electron chi connectivity index (χ1n) is 25.5. The van der Waals surface area contributed by atoms with Gasteiger partial charge in [0, 0.05) is 0 Å². The van der Waals surface area contributed by atoms with Crippen LogP contribution in [-0.4, -0.2) is 84.2 Å². The number of carbonyl (C=O) groups is 6. The third-order valence-electron chi connectivity index (χ3n) is 12.8. The first kappa shape index (κ1) is 58.0. The molecule has 3 aromatic rings. The van der Waals surface area contributed by atoms with Crippen LogP contribution in [0.3, 0.4) is 0 Å². The van der Waals surface area contributed by atoms with Gasteiger partial charge in [-0.3, -0.25) is 23.7 Å². The molecule has 1 aliphatic heterocycles. The second kappa shape index (κ2) is 28.5. The van der Waals surface area contributed by atoms with Crippen LogP contribution in [0.1, 0.15) is 141 Å². The summed E-state index contributed by atoms with van der Waals surface area (Å²) < 4.78 is 29.0. The van der Waals surface area contributed by atoms with Crippen molar-refractivity contribution in [1.82, 2.24) is 25.9 Å². The molecule has 0 spiro atoms. The molecule has 0 aliphatic carbocycles. The highest BCUT2D eigenvalue weighted by Gasteiger charge is 2.57. The molecule has 1 fully saturated rings. The molecule has 390 valence electrons. The predicted molar refractivity (Wildman–Crippen MR) is 278 cm³/mol. The Hall–Kier alpha value is -5.53. The lowest BCUT2D eigenvalue weighted by molar-refractivity contribution is -0.146. The number of ether oxygens (including phenoxy) is 2. The SMILES string of the molecule is COC(=O)[C@H](CC(C)C)NC(=O)[C@H](CC(C)C)NC(=O)[C@H](CC(C)C)NC(=O)[C@H](CC(C)C)NC(=O)[C@H](CCCCN)N(C(=O)OCc1ccccc1)P1(=O)[C@H](c2ccccc2)CC[C@H]1c1ccccc1. The van der Waals surface area contributed by atoms with Crippen molar-refractivity contribution >= 4 is 43.0 Å². The quantitative estimate of drug-likeness (QED) is 0.0278. The molecule has 1 aliphatic rings. The number of carbonyl (C=O) groups excluding carboxylic acids is 6. The minimum absolute atomic E-state index is 0.0321. The lowest BCUT2D eigenvalue weighted by Crippen LogP contribution is -2.59. The Labute approximate surface area is 422 Å². The number of nitrogens with zero attached hydrogens (tertiary/aromatic N) is 1. The van der Waals surface area contributed by atoms with Gasteiger partial charge in [-0.25, -0.2) is 14.3 Å². The molecule has 7 atom stereocenters. The van der Waals surface area contributed by atoms with E-state index in [1.54, 1.807) is 0 Å². The van der Waals surface area contributed by atoms with Crippen LogP contribution in [0.25, 0.3) is 0 Å². The Morgan fingerprint density at radius 1 is 0.577 bits per heavy atom. The highest BCUT2D eigenvalue weighted by Crippen LogP contribution is 2.78. The first-order chi connectivity index (χ1) is 33.8. The minimum Gasteiger partial charge on any atom is -0.467 e. The molecule has 71 heavy (non-hydrogen) atoms. The average molecular weight is 1000 g/mol. The van der Waals surface area contributed by atoms with Gasteiger partial charge in [-0.1, -0.05) is 146 Å². The van der Waals surface area contributed by atoms with Crippen LogP contribution in [0.5, 0.6) is 0 Å². The van der Waals surface area contributed by atoms with Gasteiger partial charge < -0.3 is 36.5 Å². The summed E-state index contributed by atoms with van der Waals surface area (Å²) in [6.07, 6.45) is 1.93. The Balaban J connectivity index is 1.76. The standard InChI is InChI=1S/C55H81N6O9P/c1-36(2)31-43(50(62)58-44(32-37(3)4)52(64)60-46(34-39(7)8)54(66)69-9)57-51(63)45(33-38(5)6)59-53(65)47(27-19-20-30-56)61(55(67)70-35-40-21-13-10-14-22-40)71(68)48(41-23-15-11-16-24-41)28-29-49(71)42-25-17-12-18-26-42/h10-18,21-26,36-39,43-49H,19-20,27-35,56H2,1-9H3,(H,57,63)(H,58,62)(H,59,65)(H,60,64)/t43-,44-,45-,46-,47-,48-,49-/m0/s1. The van der Waals surface area contributed by atoms with Crippen LogP contribution in [0.4, 0.5) is 4.79 Å². The van der Waals surface area contributed by atoms with E-state index in [4.69, 9.17) is 15.2 Å². The highest BCUT2D eigenvalue weighted by molar-refractivity contribution is 7.63. The summed E-state index contributed by atoms with van der Waals surface area (Å²) in [5.41, 5.74) is 6.97. The van der Waals surface area contributed by atoms with Gasteiger partial charge in [-0.05, 0) is 105 Å². The number of nitrogens with two attached hydrogens (primary N) is 1. The molecule has 1 heterocycles. The Bertz CT molecular complexity index is 2160. The summed E-state index contributed by atoms with van der Waals surface area (Å²) in [4.78, 5) is 85.9. The maximum absolute atomic E-state index is 16.7. The third kappa shape index (κ3) is 17.1. The highest BCUT2D eigenvalue weighted by atomic mass is 31.2. The van der Waals surface area contributed by atoms with E-state index in [0.29, 0.717) is 44.2 Å². The number of benzene rings is 3. The number of rotatable bonds is 27. The summed E-state index contributed by atoms with van der Waals surface area (Å²) in [5, 5.41) is 11.5. The number of esters is 1. The van der Waals surface area contributed by atoms with Gasteiger partial charge in [0.1, 0.15) is 36.8 Å². The third-order valence-corrected chi connectivity index (χ3v) is 16.8. The fourth-order valence-corrected chi connectivity index (χ4v) is 13.7. The molecule has 1 saturated heterocycles. The normalized spacial score (nSPS) is 17.4. The smallest absolute Gasteiger partial charge is 0.416 e. The Morgan fingerprint density at radius 3 is 1.35 bits per heavy atom. The van der Waals surface area contributed by atoms with Crippen LogP contribution >= 0.6 is 7.29 Å². The molecule has 6 N–H and O–H groups in total. The molecule has 5 amide bonds. The average Bonchev–Trinajstić information content (AvgIpc) is 3.68. The number of amides is 5. The van der Waals surface area contributed by atoms with E-state index in [9.17, 15) is 19.2 Å². The molecule has 0 saturated carbocycles. The number of hydrogen-bond donors (Lipinski definition) is 5. The van der Waals surface area contributed by atoms with Crippen LogP contribution in [0.15, 0.2) is 91.0 Å². The maximum atomic E-state index is 16.7. The lowest BCUT2D eigenvalue weighted by atomic mass is 9.98. The number of methoxy groups -OCH3 is 1. The molecule has 15 nitrogen and oxygen atoms in total. The van der Waals surface area contributed by atoms with Crippen molar-refractivity contribution in [2.24, 2.45) is 29.4 Å². The van der Waals surface area contributed by atoms with Gasteiger partial charge in [0.15, 0.2) is 7.29 Å². The van der Waals surface area contributed by atoms with Gasteiger partial charge in [0.05, 0.1) is 18.4 Å². The van der Waals surface area contributed by atoms with Crippen LogP contribution in [0, 0.1) is 23.7 Å². The fraction of sp³-hybridized carbons (Fsp3) is 0.564. The fourth-order valence-electron chi connectivity index (χ4n) is 9.44. The molecule has 0 unspecified atom stereocenters. The zero-order chi connectivity index (χ0) is 52.3. The number of unbranched alkanes of at least 4 members (excludes halogenated alkanes) is 1. The Kier molecular flexibility index (Phi) is 23.3. The second-order valence-corrected chi connectivity index (χ2v) is 23.6. The van der Waals surface area contributed by atoms with E-state index in [1.165, 1.54) is 11.8 Å². The van der Waals surface area contributed by atoms with Crippen LogP contribution < -0.4 is 27.0 Å². The van der Waals surface area contributed by atoms with Gasteiger partial charge >= 0.3 is 12.1 Å². The zero-order valence-electron chi connectivity index (χ0n) is 43.4. The molecule has 0 radical (unpaired) electrons. The maximum Gasteiger partial charge on any atom is 0.416 e. The molecular weight excluding hydrogens is 920 g/mol. The minimum atomic E-state index is -4.03. The summed E-state index contributed by atoms with van der Waals surface area (Å²) >= 11 is 0. The van der Waals surface area contributed by atoms with Crippen molar-refractivity contribution in [3.63, 3.8) is 0 Å². The van der Waals surface area contributed by atoms with E-state index in [1.807, 2.05) is 146 Å². The molecule has 16 heteroatoms. The predicted octanol–water partition coefficient (Wildman–Crippen LogP) is 8.97. The second-order valence-electron chi connectivity index (χ2n) is 20.6. The van der Waals surface area contributed by atoms with E-state index < -0.39 is 84.5 Å². The molecule has 0 aromatic heterocycles. The molecule has 0 bridgehead atoms. The van der Waals surface area contributed by atoms with Crippen molar-refractivity contribution in [3.8, 4) is 0 Å². The van der Waals surface area contributed by atoms with E-state index in [-0.39, 0.29) is 56.0 Å². The van der Waals surface area contributed by atoms with Crippen LogP contribution in [0.2, 0.25) is 0 Å². The molecule has 3 aromatic carbocycles. The van der Waals surface area contributed by atoms with E-state index in [0.717, 1.165) is 11.1 Å². The summed E-state index contributed by atoms with van der Waals surface area (Å²) in [5.74, 6) is -3.28. The van der Waals surface area contributed by atoms with E-state index >= 15 is 14.2 Å². The van der Waals surface area contributed by atoms with Gasteiger partial charge in [0.25, 0.3) is 0 Å². The van der Waals surface area contributed by atoms with Crippen molar-refractivity contribution < 1.29 is 42.8 Å². The van der Waals surface area contributed by atoms with Crippen LogP contribution in [-0.2, 0) is 44.6 Å². The molecular formula is C55H81N6O9P.